The molecule has 0 saturated carbocycles. The van der Waals surface area contributed by atoms with E-state index in [9.17, 15) is 0 Å². The fourth-order valence-electron chi connectivity index (χ4n) is 1.78. The topological polar surface area (TPSA) is 0 Å². The number of hydrogen-bond donors (Lipinski definition) is 0. The molecular weight excluding hydrogens is 342 g/mol. The van der Waals surface area contributed by atoms with E-state index in [-0.39, 0.29) is 10.1 Å². The van der Waals surface area contributed by atoms with Crippen LogP contribution in [0.5, 0.6) is 0 Å². The molecule has 0 bridgehead atoms. The molecule has 1 rings (SSSR count). The molecule has 1 aromatic carbocycles. The van der Waals surface area contributed by atoms with Gasteiger partial charge in [-0.1, -0.05) is 52.0 Å². The first-order chi connectivity index (χ1) is 8.11. The zero-order chi connectivity index (χ0) is 14.1. The Kier molecular flexibility index (Phi) is 5.68. The van der Waals surface area contributed by atoms with Gasteiger partial charge in [-0.05, 0) is 11.1 Å². The van der Waals surface area contributed by atoms with Gasteiger partial charge < -0.3 is 0 Å². The zero-order valence-electron chi connectivity index (χ0n) is 10.8. The minimum atomic E-state index is -1.50. The lowest BCUT2D eigenvalue weighted by atomic mass is 9.89. The number of rotatable bonds is 4. The van der Waals surface area contributed by atoms with Gasteiger partial charge in [-0.3, -0.25) is 0 Å². The fourth-order valence-corrected chi connectivity index (χ4v) is 3.84. The molecule has 6 heteroatoms. The number of hydrogen-bond acceptors (Lipinski definition) is 0. The minimum Gasteiger partial charge on any atom is -0.146 e. The summed E-state index contributed by atoms with van der Waals surface area (Å²) in [7, 11) is -3.00. The number of benzene rings is 1. The summed E-state index contributed by atoms with van der Waals surface area (Å²) in [4.78, 5) is 0. The van der Waals surface area contributed by atoms with E-state index in [0.29, 0.717) is 0 Å². The second-order valence-corrected chi connectivity index (χ2v) is 14.6. The Morgan fingerprint density at radius 1 is 0.722 bits per heavy atom. The zero-order valence-corrected chi connectivity index (χ0v) is 15.8. The van der Waals surface area contributed by atoms with E-state index in [1.165, 1.54) is 0 Å². The van der Waals surface area contributed by atoms with Gasteiger partial charge in [0.1, 0.15) is 0 Å². The standard InChI is InChI=1S/C12H16Cl4Si2/c1-11(2,17(13)14)9-7-5-6-8-10(9)12(3,4)18(15)16/h5-8H,1-4H3. The smallest absolute Gasteiger partial charge is 0.146 e. The third-order valence-electron chi connectivity index (χ3n) is 3.22. The van der Waals surface area contributed by atoms with Crippen molar-refractivity contribution in [1.82, 2.24) is 0 Å². The van der Waals surface area contributed by atoms with Crippen molar-refractivity contribution in [3.8, 4) is 0 Å². The Morgan fingerprint density at radius 2 is 1.00 bits per heavy atom. The molecule has 0 heterocycles. The van der Waals surface area contributed by atoms with Crippen molar-refractivity contribution in [2.75, 3.05) is 0 Å². The molecule has 100 valence electrons. The largest absolute Gasteiger partial charge is 0.284 e. The van der Waals surface area contributed by atoms with Gasteiger partial charge in [0.2, 0.25) is 0 Å². The summed E-state index contributed by atoms with van der Waals surface area (Å²) in [5.74, 6) is 0. The van der Waals surface area contributed by atoms with Crippen molar-refractivity contribution in [3.05, 3.63) is 35.4 Å². The second kappa shape index (κ2) is 6.07. The van der Waals surface area contributed by atoms with Crippen molar-refractivity contribution in [2.24, 2.45) is 0 Å². The Hall–Kier alpha value is 0.814. The maximum absolute atomic E-state index is 6.22. The monoisotopic (exact) mass is 356 g/mol. The van der Waals surface area contributed by atoms with E-state index in [2.05, 4.69) is 39.8 Å². The second-order valence-electron chi connectivity index (χ2n) is 5.32. The summed E-state index contributed by atoms with van der Waals surface area (Å²) in [6, 6.07) is 8.16. The molecule has 0 aliphatic rings. The van der Waals surface area contributed by atoms with E-state index >= 15 is 0 Å². The van der Waals surface area contributed by atoms with Crippen molar-refractivity contribution in [1.29, 1.82) is 0 Å². The molecule has 0 atom stereocenters. The average molecular weight is 358 g/mol. The van der Waals surface area contributed by atoms with Crippen molar-refractivity contribution in [2.45, 2.75) is 37.8 Å². The van der Waals surface area contributed by atoms with Crippen LogP contribution in [-0.4, -0.2) is 14.8 Å². The van der Waals surface area contributed by atoms with Crippen molar-refractivity contribution >= 4 is 59.1 Å². The first-order valence-electron chi connectivity index (χ1n) is 5.58. The highest BCUT2D eigenvalue weighted by Gasteiger charge is 2.39. The van der Waals surface area contributed by atoms with Gasteiger partial charge in [0.25, 0.3) is 14.8 Å². The maximum atomic E-state index is 6.22. The summed E-state index contributed by atoms with van der Waals surface area (Å²) >= 11 is 24.9. The quantitative estimate of drug-likeness (QED) is 0.509. The third kappa shape index (κ3) is 3.28. The van der Waals surface area contributed by atoms with E-state index in [4.69, 9.17) is 44.3 Å². The lowest BCUT2D eigenvalue weighted by Gasteiger charge is -2.34. The lowest BCUT2D eigenvalue weighted by Crippen LogP contribution is -2.37. The molecule has 0 spiro atoms. The first kappa shape index (κ1) is 16.9. The van der Waals surface area contributed by atoms with E-state index in [0.717, 1.165) is 11.1 Å². The van der Waals surface area contributed by atoms with Crippen LogP contribution in [0.3, 0.4) is 0 Å². The SMILES string of the molecule is CC(C)(c1ccccc1C(C)(C)[Si](Cl)Cl)[Si](Cl)Cl. The molecule has 0 saturated heterocycles. The minimum absolute atomic E-state index is 0.243. The molecule has 0 N–H and O–H groups in total. The molecule has 18 heavy (non-hydrogen) atoms. The van der Waals surface area contributed by atoms with Gasteiger partial charge >= 0.3 is 0 Å². The van der Waals surface area contributed by atoms with Crippen LogP contribution in [-0.2, 0) is 10.1 Å². The van der Waals surface area contributed by atoms with Gasteiger partial charge in [0, 0.05) is 10.1 Å². The summed E-state index contributed by atoms with van der Waals surface area (Å²) in [6.45, 7) is 8.30. The maximum Gasteiger partial charge on any atom is 0.284 e. The molecule has 0 nitrogen and oxygen atoms in total. The molecule has 0 unspecified atom stereocenters. The van der Waals surface area contributed by atoms with Crippen LogP contribution in [0.4, 0.5) is 0 Å². The Labute approximate surface area is 132 Å². The lowest BCUT2D eigenvalue weighted by molar-refractivity contribution is 0.684. The van der Waals surface area contributed by atoms with Crippen LogP contribution in [0, 0.1) is 0 Å². The van der Waals surface area contributed by atoms with E-state index in [1.807, 2.05) is 12.1 Å². The third-order valence-corrected chi connectivity index (χ3v) is 11.3. The van der Waals surface area contributed by atoms with Crippen LogP contribution < -0.4 is 0 Å². The molecule has 0 aliphatic heterocycles. The Balaban J connectivity index is 3.41. The Morgan fingerprint density at radius 3 is 1.22 bits per heavy atom. The Bertz CT molecular complexity index is 377. The van der Waals surface area contributed by atoms with Gasteiger partial charge in [0.05, 0.1) is 0 Å². The number of halogens is 4. The molecule has 0 fully saturated rings. The summed E-state index contributed by atoms with van der Waals surface area (Å²) in [5.41, 5.74) is 2.30. The summed E-state index contributed by atoms with van der Waals surface area (Å²) in [6.07, 6.45) is 0. The summed E-state index contributed by atoms with van der Waals surface area (Å²) < 4.78 is 0. The highest BCUT2D eigenvalue weighted by Crippen LogP contribution is 2.39. The van der Waals surface area contributed by atoms with Gasteiger partial charge in [-0.25, -0.2) is 0 Å². The van der Waals surface area contributed by atoms with Crippen LogP contribution in [0.1, 0.15) is 38.8 Å². The molecular formula is C12H16Cl4Si2. The van der Waals surface area contributed by atoms with Crippen molar-refractivity contribution in [3.63, 3.8) is 0 Å². The van der Waals surface area contributed by atoms with Gasteiger partial charge in [-0.2, -0.15) is 0 Å². The fraction of sp³-hybridized carbons (Fsp3) is 0.500. The molecule has 1 aromatic rings. The van der Waals surface area contributed by atoms with Crippen LogP contribution in [0.2, 0.25) is 0 Å². The summed E-state index contributed by atoms with van der Waals surface area (Å²) in [5, 5.41) is -0.487. The molecule has 0 aliphatic carbocycles. The normalized spacial score (nSPS) is 13.4. The van der Waals surface area contributed by atoms with Crippen LogP contribution in [0.25, 0.3) is 0 Å². The molecule has 0 amide bonds. The average Bonchev–Trinajstić information content (AvgIpc) is 2.28. The van der Waals surface area contributed by atoms with Crippen LogP contribution >= 0.6 is 44.3 Å². The van der Waals surface area contributed by atoms with E-state index < -0.39 is 14.8 Å². The predicted octanol–water partition coefficient (Wildman–Crippen LogP) is 5.25. The highest BCUT2D eigenvalue weighted by molar-refractivity contribution is 7.35. The van der Waals surface area contributed by atoms with Gasteiger partial charge in [0.15, 0.2) is 0 Å². The van der Waals surface area contributed by atoms with Gasteiger partial charge in [-0.15, -0.1) is 44.3 Å². The predicted molar refractivity (Wildman–Crippen MR) is 87.4 cm³/mol. The van der Waals surface area contributed by atoms with E-state index in [1.54, 1.807) is 0 Å². The molecule has 0 aromatic heterocycles. The highest BCUT2D eigenvalue weighted by atomic mass is 35.7. The molecule has 2 radical (unpaired) electrons. The first-order valence-corrected chi connectivity index (χ1v) is 12.6. The van der Waals surface area contributed by atoms with Crippen LogP contribution in [0.15, 0.2) is 24.3 Å². The van der Waals surface area contributed by atoms with Crippen molar-refractivity contribution < 1.29 is 0 Å².